The van der Waals surface area contributed by atoms with Crippen LogP contribution in [0, 0.1) is 0 Å². The second-order valence-corrected chi connectivity index (χ2v) is 4.56. The number of carboxylic acid groups (broad SMARTS) is 1. The molecule has 1 saturated heterocycles. The van der Waals surface area contributed by atoms with Crippen molar-refractivity contribution in [3.8, 4) is 0 Å². The molecule has 96 valence electrons. The molecule has 5 nitrogen and oxygen atoms in total. The molecular formula is C12H13ClN2O3. The molecule has 0 saturated carbocycles. The molecule has 0 aromatic heterocycles. The zero-order chi connectivity index (χ0) is 13.1. The minimum Gasteiger partial charge on any atom is -0.480 e. The summed E-state index contributed by atoms with van der Waals surface area (Å²) in [6, 6.07) is 5.56. The molecule has 1 fully saturated rings. The summed E-state index contributed by atoms with van der Waals surface area (Å²) in [6.07, 6.45) is 1.22. The number of carboxylic acids is 1. The minimum absolute atomic E-state index is 0.387. The number of amides is 2. The summed E-state index contributed by atoms with van der Waals surface area (Å²) >= 11 is 5.74. The van der Waals surface area contributed by atoms with Crippen LogP contribution in [-0.2, 0) is 4.79 Å². The van der Waals surface area contributed by atoms with Gasteiger partial charge < -0.3 is 15.3 Å². The fourth-order valence-electron chi connectivity index (χ4n) is 2.00. The number of hydrogen-bond donors (Lipinski definition) is 2. The van der Waals surface area contributed by atoms with Crippen molar-refractivity contribution in [2.75, 3.05) is 11.9 Å². The largest absolute Gasteiger partial charge is 0.480 e. The van der Waals surface area contributed by atoms with Crippen LogP contribution in [0.1, 0.15) is 12.8 Å². The van der Waals surface area contributed by atoms with Gasteiger partial charge in [-0.1, -0.05) is 11.6 Å². The highest BCUT2D eigenvalue weighted by molar-refractivity contribution is 6.30. The van der Waals surface area contributed by atoms with Gasteiger partial charge in [0, 0.05) is 17.3 Å². The van der Waals surface area contributed by atoms with Crippen molar-refractivity contribution < 1.29 is 14.7 Å². The number of aliphatic carboxylic acids is 1. The van der Waals surface area contributed by atoms with Gasteiger partial charge in [0.15, 0.2) is 0 Å². The van der Waals surface area contributed by atoms with Gasteiger partial charge in [-0.2, -0.15) is 0 Å². The summed E-state index contributed by atoms with van der Waals surface area (Å²) in [6.45, 7) is 0.469. The van der Waals surface area contributed by atoms with E-state index in [1.807, 2.05) is 0 Å². The van der Waals surface area contributed by atoms with Gasteiger partial charge in [-0.25, -0.2) is 9.59 Å². The number of urea groups is 1. The third-order valence-electron chi connectivity index (χ3n) is 2.89. The van der Waals surface area contributed by atoms with E-state index in [-0.39, 0.29) is 6.03 Å². The normalized spacial score (nSPS) is 18.7. The zero-order valence-corrected chi connectivity index (χ0v) is 10.4. The Labute approximate surface area is 109 Å². The molecule has 0 radical (unpaired) electrons. The van der Waals surface area contributed by atoms with E-state index in [1.54, 1.807) is 24.3 Å². The number of hydrogen-bond acceptors (Lipinski definition) is 2. The van der Waals surface area contributed by atoms with E-state index in [2.05, 4.69) is 5.32 Å². The van der Waals surface area contributed by atoms with Gasteiger partial charge in [0.2, 0.25) is 0 Å². The van der Waals surface area contributed by atoms with Crippen LogP contribution in [0.25, 0.3) is 0 Å². The highest BCUT2D eigenvalue weighted by atomic mass is 35.5. The summed E-state index contributed by atoms with van der Waals surface area (Å²) in [4.78, 5) is 24.3. The Bertz CT molecular complexity index is 461. The van der Waals surface area contributed by atoms with Crippen molar-refractivity contribution in [2.24, 2.45) is 0 Å². The van der Waals surface area contributed by atoms with Crippen LogP contribution in [0.3, 0.4) is 0 Å². The number of carbonyl (C=O) groups excluding carboxylic acids is 1. The smallest absolute Gasteiger partial charge is 0.326 e. The molecule has 0 spiro atoms. The first-order valence-corrected chi connectivity index (χ1v) is 6.02. The molecule has 1 aromatic carbocycles. The average Bonchev–Trinajstić information content (AvgIpc) is 2.81. The minimum atomic E-state index is -0.959. The fraction of sp³-hybridized carbons (Fsp3) is 0.333. The number of anilines is 1. The molecule has 1 heterocycles. The van der Waals surface area contributed by atoms with Crippen molar-refractivity contribution in [2.45, 2.75) is 18.9 Å². The number of carbonyl (C=O) groups is 2. The topological polar surface area (TPSA) is 69.6 Å². The van der Waals surface area contributed by atoms with Gasteiger partial charge in [-0.05, 0) is 37.1 Å². The van der Waals surface area contributed by atoms with E-state index in [0.717, 1.165) is 0 Å². The molecule has 2 amide bonds. The maximum absolute atomic E-state index is 11.9. The zero-order valence-electron chi connectivity index (χ0n) is 9.60. The number of halogens is 1. The third-order valence-corrected chi connectivity index (χ3v) is 3.15. The molecule has 1 aliphatic heterocycles. The predicted octanol–water partition coefficient (Wildman–Crippen LogP) is 2.42. The van der Waals surface area contributed by atoms with Crippen molar-refractivity contribution >= 4 is 29.3 Å². The van der Waals surface area contributed by atoms with E-state index < -0.39 is 12.0 Å². The molecule has 1 aromatic rings. The monoisotopic (exact) mass is 268 g/mol. The number of nitrogens with zero attached hydrogens (tertiary/aromatic N) is 1. The van der Waals surface area contributed by atoms with Crippen LogP contribution in [0.2, 0.25) is 5.02 Å². The Morgan fingerprint density at radius 3 is 2.61 bits per heavy atom. The van der Waals surface area contributed by atoms with Crippen LogP contribution in [0.4, 0.5) is 10.5 Å². The molecule has 0 bridgehead atoms. The molecule has 2 N–H and O–H groups in total. The van der Waals surface area contributed by atoms with E-state index in [0.29, 0.717) is 30.1 Å². The standard InChI is InChI=1S/C12H13ClN2O3/c13-8-3-5-9(6-4-8)14-12(18)15-7-1-2-10(15)11(16)17/h3-6,10H,1-2,7H2,(H,14,18)(H,16,17)/t10-/m1/s1. The molecule has 1 atom stereocenters. The highest BCUT2D eigenvalue weighted by Crippen LogP contribution is 2.20. The maximum Gasteiger partial charge on any atom is 0.326 e. The molecular weight excluding hydrogens is 256 g/mol. The summed E-state index contributed by atoms with van der Waals surface area (Å²) in [5.74, 6) is -0.959. The quantitative estimate of drug-likeness (QED) is 0.865. The summed E-state index contributed by atoms with van der Waals surface area (Å²) in [7, 11) is 0. The van der Waals surface area contributed by atoms with Gasteiger partial charge in [-0.15, -0.1) is 0 Å². The maximum atomic E-state index is 11.9. The highest BCUT2D eigenvalue weighted by Gasteiger charge is 2.33. The van der Waals surface area contributed by atoms with Gasteiger partial charge in [0.05, 0.1) is 0 Å². The number of rotatable bonds is 2. The van der Waals surface area contributed by atoms with Crippen LogP contribution in [0.5, 0.6) is 0 Å². The lowest BCUT2D eigenvalue weighted by atomic mass is 10.2. The first kappa shape index (κ1) is 12.7. The Balaban J connectivity index is 2.03. The van der Waals surface area contributed by atoms with Gasteiger partial charge in [-0.3, -0.25) is 0 Å². The molecule has 6 heteroatoms. The first-order valence-electron chi connectivity index (χ1n) is 5.64. The van der Waals surface area contributed by atoms with Crippen molar-refractivity contribution in [3.63, 3.8) is 0 Å². The van der Waals surface area contributed by atoms with Crippen LogP contribution < -0.4 is 5.32 Å². The lowest BCUT2D eigenvalue weighted by molar-refractivity contribution is -0.141. The van der Waals surface area contributed by atoms with Gasteiger partial charge in [0.25, 0.3) is 0 Å². The molecule has 0 aliphatic carbocycles. The lowest BCUT2D eigenvalue weighted by Gasteiger charge is -2.21. The van der Waals surface area contributed by atoms with E-state index in [9.17, 15) is 9.59 Å². The van der Waals surface area contributed by atoms with Crippen LogP contribution >= 0.6 is 11.6 Å². The average molecular weight is 269 g/mol. The van der Waals surface area contributed by atoms with Crippen LogP contribution in [0.15, 0.2) is 24.3 Å². The van der Waals surface area contributed by atoms with Crippen molar-refractivity contribution in [1.82, 2.24) is 4.90 Å². The Kier molecular flexibility index (Phi) is 3.72. The summed E-state index contributed by atoms with van der Waals surface area (Å²) < 4.78 is 0. The van der Waals surface area contributed by atoms with Crippen molar-refractivity contribution in [3.05, 3.63) is 29.3 Å². The Morgan fingerprint density at radius 1 is 1.33 bits per heavy atom. The second kappa shape index (κ2) is 5.27. The third kappa shape index (κ3) is 2.73. The van der Waals surface area contributed by atoms with Gasteiger partial charge in [0.1, 0.15) is 6.04 Å². The fourth-order valence-corrected chi connectivity index (χ4v) is 2.12. The number of likely N-dealkylation sites (tertiary alicyclic amines) is 1. The van der Waals surface area contributed by atoms with E-state index >= 15 is 0 Å². The molecule has 1 aliphatic rings. The Morgan fingerprint density at radius 2 is 2.00 bits per heavy atom. The summed E-state index contributed by atoms with van der Waals surface area (Å²) in [5, 5.41) is 12.2. The lowest BCUT2D eigenvalue weighted by Crippen LogP contribution is -2.42. The van der Waals surface area contributed by atoms with Gasteiger partial charge >= 0.3 is 12.0 Å². The SMILES string of the molecule is O=C(O)[C@H]1CCCN1C(=O)Nc1ccc(Cl)cc1. The van der Waals surface area contributed by atoms with Crippen molar-refractivity contribution in [1.29, 1.82) is 0 Å². The molecule has 0 unspecified atom stereocenters. The van der Waals surface area contributed by atoms with E-state index in [4.69, 9.17) is 16.7 Å². The Hall–Kier alpha value is -1.75. The van der Waals surface area contributed by atoms with Crippen LogP contribution in [-0.4, -0.2) is 34.6 Å². The molecule has 2 rings (SSSR count). The molecule has 18 heavy (non-hydrogen) atoms. The number of nitrogens with one attached hydrogen (secondary N) is 1. The first-order chi connectivity index (χ1) is 8.58. The van der Waals surface area contributed by atoms with E-state index in [1.165, 1.54) is 4.90 Å². The second-order valence-electron chi connectivity index (χ2n) is 4.13. The predicted molar refractivity (Wildman–Crippen MR) is 67.8 cm³/mol. The summed E-state index contributed by atoms with van der Waals surface area (Å²) in [5.41, 5.74) is 0.598. The number of benzene rings is 1.